The number of carbonyl (C=O) groups is 1. The molecule has 0 aromatic carbocycles. The van der Waals surface area contributed by atoms with Crippen molar-refractivity contribution in [2.75, 3.05) is 13.2 Å². The van der Waals surface area contributed by atoms with Gasteiger partial charge in [0.15, 0.2) is 5.79 Å². The van der Waals surface area contributed by atoms with Crippen molar-refractivity contribution in [3.63, 3.8) is 0 Å². The second-order valence-corrected chi connectivity index (χ2v) is 9.79. The maximum atomic E-state index is 12.5. The second-order valence-electron chi connectivity index (χ2n) is 9.79. The normalized spacial score (nSPS) is 52.8. The fourth-order valence-electron chi connectivity index (χ4n) is 8.02. The van der Waals surface area contributed by atoms with Crippen molar-refractivity contribution in [3.05, 3.63) is 0 Å². The van der Waals surface area contributed by atoms with Gasteiger partial charge in [0.25, 0.3) is 0 Å². The predicted molar refractivity (Wildman–Crippen MR) is 91.4 cm³/mol. The molecule has 1 aliphatic heterocycles. The molecule has 5 rings (SSSR count). The third-order valence-corrected chi connectivity index (χ3v) is 9.13. The van der Waals surface area contributed by atoms with Crippen molar-refractivity contribution in [2.45, 2.75) is 77.4 Å². The molecule has 0 N–H and O–H groups in total. The van der Waals surface area contributed by atoms with E-state index in [0.29, 0.717) is 23.0 Å². The first-order chi connectivity index (χ1) is 11.5. The summed E-state index contributed by atoms with van der Waals surface area (Å²) in [6, 6.07) is 0. The molecule has 1 spiro atoms. The van der Waals surface area contributed by atoms with E-state index in [9.17, 15) is 4.79 Å². The summed E-state index contributed by atoms with van der Waals surface area (Å²) in [6.45, 7) is 6.37. The minimum absolute atomic E-state index is 0.00290. The second kappa shape index (κ2) is 5.07. The van der Waals surface area contributed by atoms with Crippen LogP contribution in [0.15, 0.2) is 0 Å². The summed E-state index contributed by atoms with van der Waals surface area (Å²) in [5, 5.41) is 0. The fraction of sp³-hybridized carbons (Fsp3) is 0.952. The summed E-state index contributed by atoms with van der Waals surface area (Å²) in [6.07, 6.45) is 10.5. The molecular weight excluding hydrogens is 300 g/mol. The largest absolute Gasteiger partial charge is 0.347 e. The molecular formula is C21H32O3. The zero-order valence-electron chi connectivity index (χ0n) is 15.3. The Labute approximate surface area is 145 Å². The molecule has 6 atom stereocenters. The van der Waals surface area contributed by atoms with Gasteiger partial charge in [0.05, 0.1) is 13.2 Å². The van der Waals surface area contributed by atoms with Crippen LogP contribution in [-0.2, 0) is 14.3 Å². The van der Waals surface area contributed by atoms with Crippen molar-refractivity contribution in [1.29, 1.82) is 0 Å². The minimum Gasteiger partial charge on any atom is -0.347 e. The number of rotatable bonds is 0. The first kappa shape index (κ1) is 15.8. The molecule has 5 fully saturated rings. The summed E-state index contributed by atoms with van der Waals surface area (Å²) in [7, 11) is 0. The molecule has 0 aromatic heterocycles. The Balaban J connectivity index is 1.49. The van der Waals surface area contributed by atoms with Gasteiger partial charge in [-0.05, 0) is 68.1 Å². The highest BCUT2D eigenvalue weighted by Crippen LogP contribution is 2.67. The SMILES string of the molecule is C[C@]12CCCC3(OCCO3)C1CC[C@@H]1[C@@H]2CC[C@]2(C)C(=O)CC[C@@H]12. The molecule has 4 aliphatic carbocycles. The van der Waals surface area contributed by atoms with E-state index in [2.05, 4.69) is 13.8 Å². The van der Waals surface area contributed by atoms with Crippen molar-refractivity contribution in [1.82, 2.24) is 0 Å². The Morgan fingerprint density at radius 2 is 1.71 bits per heavy atom. The molecule has 0 bridgehead atoms. The van der Waals surface area contributed by atoms with Crippen LogP contribution in [0.4, 0.5) is 0 Å². The van der Waals surface area contributed by atoms with Crippen LogP contribution in [0.5, 0.6) is 0 Å². The fourth-order valence-corrected chi connectivity index (χ4v) is 8.02. The van der Waals surface area contributed by atoms with Gasteiger partial charge in [0.1, 0.15) is 5.78 Å². The predicted octanol–water partition coefficient (Wildman–Crippen LogP) is 4.34. The summed E-state index contributed by atoms with van der Waals surface area (Å²) >= 11 is 0. The standard InChI is InChI=1S/C21H32O3/c1-19-9-3-10-21(23-12-13-24-21)17(19)6-4-14-15-5-7-18(22)20(15,2)11-8-16(14)19/h14-17H,3-13H2,1-2H3/t14-,15-,16-,17?,19+,20-/m0/s1. The quantitative estimate of drug-likeness (QED) is 0.662. The highest BCUT2D eigenvalue weighted by atomic mass is 16.7. The van der Waals surface area contributed by atoms with Gasteiger partial charge in [-0.25, -0.2) is 0 Å². The molecule has 0 radical (unpaired) electrons. The van der Waals surface area contributed by atoms with E-state index >= 15 is 0 Å². The molecule has 0 aromatic rings. The number of ether oxygens (including phenoxy) is 2. The molecule has 0 amide bonds. The van der Waals surface area contributed by atoms with Gasteiger partial charge in [-0.1, -0.05) is 13.8 Å². The van der Waals surface area contributed by atoms with Gasteiger partial charge < -0.3 is 9.47 Å². The first-order valence-corrected chi connectivity index (χ1v) is 10.3. The maximum absolute atomic E-state index is 12.5. The summed E-state index contributed by atoms with van der Waals surface area (Å²) in [5.41, 5.74) is 0.343. The summed E-state index contributed by atoms with van der Waals surface area (Å²) in [4.78, 5) is 12.5. The molecule has 5 aliphatic rings. The van der Waals surface area contributed by atoms with Crippen molar-refractivity contribution < 1.29 is 14.3 Å². The smallest absolute Gasteiger partial charge is 0.171 e. The third-order valence-electron chi connectivity index (χ3n) is 9.13. The van der Waals surface area contributed by atoms with E-state index < -0.39 is 0 Å². The van der Waals surface area contributed by atoms with Crippen LogP contribution in [0.2, 0.25) is 0 Å². The Morgan fingerprint density at radius 3 is 2.50 bits per heavy atom. The third kappa shape index (κ3) is 1.84. The number of hydrogen-bond acceptors (Lipinski definition) is 3. The van der Waals surface area contributed by atoms with Gasteiger partial charge in [-0.2, -0.15) is 0 Å². The molecule has 4 saturated carbocycles. The first-order valence-electron chi connectivity index (χ1n) is 10.3. The lowest BCUT2D eigenvalue weighted by molar-refractivity contribution is -0.272. The number of carbonyl (C=O) groups excluding carboxylic acids is 1. The van der Waals surface area contributed by atoms with E-state index in [1.165, 1.54) is 32.1 Å². The van der Waals surface area contributed by atoms with Gasteiger partial charge in [0, 0.05) is 24.2 Å². The van der Waals surface area contributed by atoms with Crippen molar-refractivity contribution in [3.8, 4) is 0 Å². The van der Waals surface area contributed by atoms with E-state index in [4.69, 9.17) is 9.47 Å². The van der Waals surface area contributed by atoms with E-state index in [1.807, 2.05) is 0 Å². The molecule has 1 heterocycles. The number of fused-ring (bicyclic) bond motifs is 6. The summed E-state index contributed by atoms with van der Waals surface area (Å²) < 4.78 is 12.5. The maximum Gasteiger partial charge on any atom is 0.171 e. The molecule has 1 unspecified atom stereocenters. The van der Waals surface area contributed by atoms with Crippen LogP contribution in [-0.4, -0.2) is 24.8 Å². The number of Topliss-reactive ketones (excluding diaryl/α,β-unsaturated/α-hetero) is 1. The Morgan fingerprint density at radius 1 is 0.917 bits per heavy atom. The zero-order valence-corrected chi connectivity index (χ0v) is 15.3. The van der Waals surface area contributed by atoms with E-state index in [-0.39, 0.29) is 11.2 Å². The van der Waals surface area contributed by atoms with Gasteiger partial charge in [-0.3, -0.25) is 4.79 Å². The average Bonchev–Trinajstić information content (AvgIpc) is 3.13. The monoisotopic (exact) mass is 332 g/mol. The minimum atomic E-state index is -0.274. The number of ketones is 1. The van der Waals surface area contributed by atoms with E-state index in [1.54, 1.807) is 0 Å². The Bertz CT molecular complexity index is 551. The van der Waals surface area contributed by atoms with Crippen LogP contribution in [0.1, 0.15) is 71.6 Å². The lowest BCUT2D eigenvalue weighted by Crippen LogP contribution is -2.60. The lowest BCUT2D eigenvalue weighted by Gasteiger charge is -2.62. The van der Waals surface area contributed by atoms with Crippen LogP contribution in [0, 0.1) is 34.5 Å². The molecule has 1 saturated heterocycles. The lowest BCUT2D eigenvalue weighted by atomic mass is 9.44. The Hall–Kier alpha value is -0.410. The molecule has 3 nitrogen and oxygen atoms in total. The van der Waals surface area contributed by atoms with Crippen LogP contribution < -0.4 is 0 Å². The molecule has 134 valence electrons. The van der Waals surface area contributed by atoms with Gasteiger partial charge in [-0.15, -0.1) is 0 Å². The molecule has 24 heavy (non-hydrogen) atoms. The van der Waals surface area contributed by atoms with E-state index in [0.717, 1.165) is 50.7 Å². The average molecular weight is 332 g/mol. The van der Waals surface area contributed by atoms with Gasteiger partial charge >= 0.3 is 0 Å². The van der Waals surface area contributed by atoms with Crippen molar-refractivity contribution in [2.24, 2.45) is 34.5 Å². The number of hydrogen-bond donors (Lipinski definition) is 0. The molecule has 3 heteroatoms. The van der Waals surface area contributed by atoms with Crippen LogP contribution >= 0.6 is 0 Å². The summed E-state index contributed by atoms with van der Waals surface area (Å²) in [5.74, 6) is 3.01. The van der Waals surface area contributed by atoms with Crippen LogP contribution in [0.3, 0.4) is 0 Å². The zero-order chi connectivity index (χ0) is 16.6. The Kier molecular flexibility index (Phi) is 3.34. The van der Waals surface area contributed by atoms with Crippen LogP contribution in [0.25, 0.3) is 0 Å². The topological polar surface area (TPSA) is 35.5 Å². The van der Waals surface area contributed by atoms with Gasteiger partial charge in [0.2, 0.25) is 0 Å². The highest BCUT2D eigenvalue weighted by Gasteiger charge is 2.64. The highest BCUT2D eigenvalue weighted by molar-refractivity contribution is 5.87. The van der Waals surface area contributed by atoms with Crippen molar-refractivity contribution >= 4 is 5.78 Å².